The minimum atomic E-state index is -3.27. The molecule has 1 aromatic rings. The number of hydrogen-bond donors (Lipinski definition) is 2. The molecule has 0 amide bonds. The Morgan fingerprint density at radius 2 is 2.00 bits per heavy atom. The monoisotopic (exact) mass is 245 g/mol. The van der Waals surface area contributed by atoms with Gasteiger partial charge in [-0.15, -0.1) is 0 Å². The third-order valence-corrected chi connectivity index (χ3v) is 2.55. The normalized spacial score (nSPS) is 11.4. The topological polar surface area (TPSA) is 123 Å². The molecule has 0 aliphatic carbocycles. The highest BCUT2D eigenvalue weighted by molar-refractivity contribution is 7.89. The van der Waals surface area contributed by atoms with Crippen LogP contribution in [0.2, 0.25) is 0 Å². The van der Waals surface area contributed by atoms with Crippen molar-refractivity contribution in [2.75, 3.05) is 12.0 Å². The number of aromatic nitrogens is 2. The molecule has 88 valence electrons. The van der Waals surface area contributed by atoms with Gasteiger partial charge >= 0.3 is 5.97 Å². The van der Waals surface area contributed by atoms with Crippen molar-refractivity contribution in [2.24, 2.45) is 0 Å². The number of nitrogens with two attached hydrogens (primary N) is 1. The number of hydrogen-bond acceptors (Lipinski definition) is 6. The molecule has 0 saturated heterocycles. The van der Waals surface area contributed by atoms with Gasteiger partial charge in [-0.05, 0) is 6.92 Å². The third kappa shape index (κ3) is 2.89. The van der Waals surface area contributed by atoms with Crippen LogP contribution >= 0.6 is 0 Å². The van der Waals surface area contributed by atoms with Gasteiger partial charge < -0.3 is 10.8 Å². The van der Waals surface area contributed by atoms with E-state index >= 15 is 0 Å². The van der Waals surface area contributed by atoms with Crippen LogP contribution < -0.4 is 5.73 Å². The highest BCUT2D eigenvalue weighted by atomic mass is 32.2. The van der Waals surface area contributed by atoms with Crippen LogP contribution in [0.3, 0.4) is 0 Å². The van der Waals surface area contributed by atoms with Gasteiger partial charge in [0.05, 0.1) is 5.69 Å². The summed E-state index contributed by atoms with van der Waals surface area (Å²) in [5, 5.41) is 8.79. The maximum absolute atomic E-state index is 11.0. The van der Waals surface area contributed by atoms with Gasteiger partial charge in [0.25, 0.3) is 0 Å². The lowest BCUT2D eigenvalue weighted by Crippen LogP contribution is -2.13. The molecule has 1 aromatic heterocycles. The lowest BCUT2D eigenvalue weighted by Gasteiger charge is -2.06. The number of nitrogens with zero attached hydrogens (tertiary/aromatic N) is 2. The third-order valence-electron chi connectivity index (χ3n) is 1.77. The average Bonchev–Trinajstić information content (AvgIpc) is 1.96. The van der Waals surface area contributed by atoms with Crippen LogP contribution in [0.4, 0.5) is 5.82 Å². The maximum Gasteiger partial charge on any atom is 0.341 e. The Balaban J connectivity index is 3.25. The van der Waals surface area contributed by atoms with Crippen LogP contribution in [0.15, 0.2) is 0 Å². The van der Waals surface area contributed by atoms with E-state index in [-0.39, 0.29) is 28.7 Å². The number of aryl methyl sites for hydroxylation is 1. The second kappa shape index (κ2) is 4.05. The fourth-order valence-electron chi connectivity index (χ4n) is 1.22. The van der Waals surface area contributed by atoms with Gasteiger partial charge in [-0.25, -0.2) is 23.2 Å². The Kier molecular flexibility index (Phi) is 3.13. The van der Waals surface area contributed by atoms with Crippen molar-refractivity contribution in [3.05, 3.63) is 17.1 Å². The van der Waals surface area contributed by atoms with E-state index in [1.165, 1.54) is 6.92 Å². The summed E-state index contributed by atoms with van der Waals surface area (Å²) in [6, 6.07) is 0. The Labute approximate surface area is 92.3 Å². The molecule has 16 heavy (non-hydrogen) atoms. The van der Waals surface area contributed by atoms with Crippen LogP contribution in [0, 0.1) is 6.92 Å². The van der Waals surface area contributed by atoms with Gasteiger partial charge in [-0.1, -0.05) is 0 Å². The van der Waals surface area contributed by atoms with E-state index in [1.54, 1.807) is 0 Å². The maximum atomic E-state index is 11.0. The number of carboxylic acid groups (broad SMARTS) is 1. The standard InChI is InChI=1S/C8H11N3O4S/c1-4-6(8(12)13)7(9)11-5(10-4)3-16(2,14)15/h3H2,1-2H3,(H,12,13)(H2,9,10,11). The van der Waals surface area contributed by atoms with Gasteiger partial charge in [-0.2, -0.15) is 0 Å². The molecule has 0 aliphatic heterocycles. The van der Waals surface area contributed by atoms with E-state index < -0.39 is 15.8 Å². The van der Waals surface area contributed by atoms with E-state index in [9.17, 15) is 13.2 Å². The second-order valence-corrected chi connectivity index (χ2v) is 5.50. The van der Waals surface area contributed by atoms with Crippen molar-refractivity contribution >= 4 is 21.6 Å². The van der Waals surface area contributed by atoms with Gasteiger partial charge in [0.15, 0.2) is 9.84 Å². The predicted octanol–water partition coefficient (Wildman–Crippen LogP) is -0.390. The minimum Gasteiger partial charge on any atom is -0.477 e. The SMILES string of the molecule is Cc1nc(CS(C)(=O)=O)nc(N)c1C(=O)O. The van der Waals surface area contributed by atoms with Crippen molar-refractivity contribution < 1.29 is 18.3 Å². The van der Waals surface area contributed by atoms with Gasteiger partial charge in [0.2, 0.25) is 0 Å². The zero-order chi connectivity index (χ0) is 12.5. The van der Waals surface area contributed by atoms with Crippen LogP contribution in [0.5, 0.6) is 0 Å². The number of sulfone groups is 1. The lowest BCUT2D eigenvalue weighted by molar-refractivity contribution is 0.0696. The molecule has 8 heteroatoms. The quantitative estimate of drug-likeness (QED) is 0.743. The second-order valence-electron chi connectivity index (χ2n) is 3.36. The Morgan fingerprint density at radius 3 is 2.38 bits per heavy atom. The molecule has 1 rings (SSSR count). The molecule has 0 aliphatic rings. The summed E-state index contributed by atoms with van der Waals surface area (Å²) < 4.78 is 22.0. The van der Waals surface area contributed by atoms with Crippen molar-refractivity contribution in [2.45, 2.75) is 12.7 Å². The molecule has 0 aromatic carbocycles. The molecule has 0 unspecified atom stereocenters. The number of aromatic carboxylic acids is 1. The van der Waals surface area contributed by atoms with Crippen molar-refractivity contribution in [3.63, 3.8) is 0 Å². The highest BCUT2D eigenvalue weighted by Gasteiger charge is 2.17. The number of anilines is 1. The molecule has 7 nitrogen and oxygen atoms in total. The first-order valence-corrected chi connectivity index (χ1v) is 6.31. The van der Waals surface area contributed by atoms with Crippen LogP contribution in [0.1, 0.15) is 21.9 Å². The Hall–Kier alpha value is -1.70. The highest BCUT2D eigenvalue weighted by Crippen LogP contribution is 2.13. The van der Waals surface area contributed by atoms with E-state index in [2.05, 4.69) is 9.97 Å². The Bertz CT molecular complexity index is 515. The molecule has 0 radical (unpaired) electrons. The predicted molar refractivity (Wildman–Crippen MR) is 56.7 cm³/mol. The zero-order valence-corrected chi connectivity index (χ0v) is 9.58. The van der Waals surface area contributed by atoms with E-state index in [0.717, 1.165) is 6.26 Å². The van der Waals surface area contributed by atoms with Crippen LogP contribution in [-0.4, -0.2) is 35.7 Å². The van der Waals surface area contributed by atoms with Gasteiger partial charge in [0, 0.05) is 6.26 Å². The zero-order valence-electron chi connectivity index (χ0n) is 8.76. The molecular weight excluding hydrogens is 234 g/mol. The molecule has 0 spiro atoms. The van der Waals surface area contributed by atoms with Crippen molar-refractivity contribution in [3.8, 4) is 0 Å². The summed E-state index contributed by atoms with van der Waals surface area (Å²) in [5.41, 5.74) is 5.37. The fourth-order valence-corrected chi connectivity index (χ4v) is 1.82. The molecule has 1 heterocycles. The Morgan fingerprint density at radius 1 is 1.44 bits per heavy atom. The van der Waals surface area contributed by atoms with Crippen molar-refractivity contribution in [1.29, 1.82) is 0 Å². The minimum absolute atomic E-state index is 0.00231. The van der Waals surface area contributed by atoms with Crippen molar-refractivity contribution in [1.82, 2.24) is 9.97 Å². The van der Waals surface area contributed by atoms with Crippen LogP contribution in [0.25, 0.3) is 0 Å². The summed E-state index contributed by atoms with van der Waals surface area (Å²) in [6.07, 6.45) is 1.03. The van der Waals surface area contributed by atoms with Crippen LogP contribution in [-0.2, 0) is 15.6 Å². The van der Waals surface area contributed by atoms with E-state index in [4.69, 9.17) is 10.8 Å². The largest absolute Gasteiger partial charge is 0.477 e. The first-order chi connectivity index (χ1) is 7.20. The number of rotatable bonds is 3. The molecular formula is C8H11N3O4S. The summed E-state index contributed by atoms with van der Waals surface area (Å²) in [5.74, 6) is -1.82. The fraction of sp³-hybridized carbons (Fsp3) is 0.375. The molecule has 3 N–H and O–H groups in total. The summed E-state index contributed by atoms with van der Waals surface area (Å²) in [7, 11) is -3.27. The summed E-state index contributed by atoms with van der Waals surface area (Å²) >= 11 is 0. The molecule has 0 atom stereocenters. The molecule has 0 saturated carbocycles. The smallest absolute Gasteiger partial charge is 0.341 e. The summed E-state index contributed by atoms with van der Waals surface area (Å²) in [6.45, 7) is 1.44. The molecule has 0 fully saturated rings. The lowest BCUT2D eigenvalue weighted by atomic mass is 10.2. The molecule has 0 bridgehead atoms. The van der Waals surface area contributed by atoms with E-state index in [0.29, 0.717) is 0 Å². The number of carbonyl (C=O) groups is 1. The number of carboxylic acids is 1. The number of nitrogen functional groups attached to an aromatic ring is 1. The first kappa shape index (κ1) is 12.4. The van der Waals surface area contributed by atoms with Gasteiger partial charge in [-0.3, -0.25) is 0 Å². The average molecular weight is 245 g/mol. The summed E-state index contributed by atoms with van der Waals surface area (Å²) in [4.78, 5) is 18.2. The first-order valence-electron chi connectivity index (χ1n) is 4.24. The van der Waals surface area contributed by atoms with E-state index in [1.807, 2.05) is 0 Å². The van der Waals surface area contributed by atoms with Gasteiger partial charge in [0.1, 0.15) is 23.0 Å².